The molecule has 0 aromatic heterocycles. The minimum atomic E-state index is 0.511. The van der Waals surface area contributed by atoms with Crippen LogP contribution < -0.4 is 0 Å². The Morgan fingerprint density at radius 2 is 2.06 bits per heavy atom. The second-order valence-electron chi connectivity index (χ2n) is 4.04. The summed E-state index contributed by atoms with van der Waals surface area (Å²) in [5.41, 5.74) is 2.85. The Morgan fingerprint density at radius 1 is 1.24 bits per heavy atom. The van der Waals surface area contributed by atoms with Crippen molar-refractivity contribution in [3.05, 3.63) is 47.7 Å². The third-order valence-corrected chi connectivity index (χ3v) is 2.88. The van der Waals surface area contributed by atoms with E-state index in [0.29, 0.717) is 19.0 Å². The van der Waals surface area contributed by atoms with Crippen LogP contribution in [0.25, 0.3) is 0 Å². The summed E-state index contributed by atoms with van der Waals surface area (Å²) in [6, 6.07) is 10.1. The van der Waals surface area contributed by atoms with Crippen molar-refractivity contribution in [2.75, 3.05) is 6.67 Å². The molecule has 2 aliphatic rings. The van der Waals surface area contributed by atoms with Gasteiger partial charge in [-0.3, -0.25) is 15.4 Å². The molecular weight excluding hydrogens is 212 g/mol. The summed E-state index contributed by atoms with van der Waals surface area (Å²) < 4.78 is 0. The van der Waals surface area contributed by atoms with E-state index in [9.17, 15) is 0 Å². The fraction of sp³-hybridized carbons (Fsp3) is 0.154. The van der Waals surface area contributed by atoms with Crippen molar-refractivity contribution in [2.45, 2.75) is 6.54 Å². The van der Waals surface area contributed by atoms with E-state index in [4.69, 9.17) is 5.41 Å². The van der Waals surface area contributed by atoms with Crippen molar-refractivity contribution < 1.29 is 0 Å². The molecule has 0 aliphatic carbocycles. The van der Waals surface area contributed by atoms with Gasteiger partial charge in [0.25, 0.3) is 0 Å². The highest BCUT2D eigenvalue weighted by atomic mass is 15.2. The maximum absolute atomic E-state index is 8.12. The van der Waals surface area contributed by atoms with E-state index in [-0.39, 0.29) is 0 Å². The van der Waals surface area contributed by atoms with Crippen LogP contribution in [0.1, 0.15) is 5.56 Å². The maximum Gasteiger partial charge on any atom is 0.133 e. The van der Waals surface area contributed by atoms with Crippen molar-refractivity contribution >= 4 is 17.8 Å². The van der Waals surface area contributed by atoms with Gasteiger partial charge in [-0.2, -0.15) is 0 Å². The SMILES string of the molecule is N=C1C2=CN=CC2=NCN1Cc1ccccc1. The van der Waals surface area contributed by atoms with Crippen LogP contribution >= 0.6 is 0 Å². The Hall–Kier alpha value is -2.23. The van der Waals surface area contributed by atoms with Gasteiger partial charge < -0.3 is 4.90 Å². The molecule has 0 saturated carbocycles. The lowest BCUT2D eigenvalue weighted by atomic mass is 10.1. The van der Waals surface area contributed by atoms with Gasteiger partial charge in [0.2, 0.25) is 0 Å². The molecule has 2 aliphatic heterocycles. The van der Waals surface area contributed by atoms with Gasteiger partial charge in [-0.05, 0) is 5.56 Å². The van der Waals surface area contributed by atoms with Crippen molar-refractivity contribution in [3.8, 4) is 0 Å². The number of hydrogen-bond acceptors (Lipinski definition) is 3. The summed E-state index contributed by atoms with van der Waals surface area (Å²) in [6.45, 7) is 1.25. The lowest BCUT2D eigenvalue weighted by Gasteiger charge is -2.27. The average molecular weight is 224 g/mol. The number of aliphatic imine (C=N–C) groups is 2. The third-order valence-electron chi connectivity index (χ3n) is 2.88. The minimum absolute atomic E-state index is 0.511. The van der Waals surface area contributed by atoms with E-state index in [1.807, 2.05) is 23.1 Å². The molecule has 84 valence electrons. The first-order valence-corrected chi connectivity index (χ1v) is 5.50. The molecule has 0 radical (unpaired) electrons. The molecule has 3 rings (SSSR count). The average Bonchev–Trinajstić information content (AvgIpc) is 2.83. The molecule has 0 unspecified atom stereocenters. The molecule has 2 heterocycles. The Labute approximate surface area is 99.5 Å². The highest BCUT2D eigenvalue weighted by molar-refractivity contribution is 6.48. The molecule has 1 N–H and O–H groups in total. The van der Waals surface area contributed by atoms with Gasteiger partial charge >= 0.3 is 0 Å². The minimum Gasteiger partial charge on any atom is -0.333 e. The maximum atomic E-state index is 8.12. The quantitative estimate of drug-likeness (QED) is 0.818. The Morgan fingerprint density at radius 3 is 2.88 bits per heavy atom. The molecule has 1 aromatic rings. The number of nitrogens with zero attached hydrogens (tertiary/aromatic N) is 3. The first-order chi connectivity index (χ1) is 8.34. The predicted molar refractivity (Wildman–Crippen MR) is 68.6 cm³/mol. The number of fused-ring (bicyclic) bond motifs is 1. The van der Waals surface area contributed by atoms with Gasteiger partial charge in [0.1, 0.15) is 12.5 Å². The third kappa shape index (κ3) is 1.78. The van der Waals surface area contributed by atoms with E-state index in [0.717, 1.165) is 11.3 Å². The van der Waals surface area contributed by atoms with E-state index in [1.54, 1.807) is 12.4 Å². The van der Waals surface area contributed by atoms with Crippen molar-refractivity contribution in [2.24, 2.45) is 9.98 Å². The van der Waals surface area contributed by atoms with Gasteiger partial charge in [-0.25, -0.2) is 0 Å². The van der Waals surface area contributed by atoms with Gasteiger partial charge in [0, 0.05) is 12.7 Å². The summed E-state index contributed by atoms with van der Waals surface area (Å²) in [7, 11) is 0. The zero-order valence-electron chi connectivity index (χ0n) is 9.30. The molecule has 1 aromatic carbocycles. The smallest absolute Gasteiger partial charge is 0.133 e. The monoisotopic (exact) mass is 224 g/mol. The lowest BCUT2D eigenvalue weighted by Crippen LogP contribution is -2.37. The van der Waals surface area contributed by atoms with Gasteiger partial charge in [-0.15, -0.1) is 0 Å². The molecule has 0 fully saturated rings. The van der Waals surface area contributed by atoms with Crippen LogP contribution in [0, 0.1) is 5.41 Å². The Bertz CT molecular complexity index is 540. The van der Waals surface area contributed by atoms with Crippen molar-refractivity contribution in [1.29, 1.82) is 5.41 Å². The van der Waals surface area contributed by atoms with Crippen molar-refractivity contribution in [1.82, 2.24) is 4.90 Å². The zero-order chi connectivity index (χ0) is 11.7. The summed E-state index contributed by atoms with van der Waals surface area (Å²) in [5, 5.41) is 8.12. The number of nitrogens with one attached hydrogen (secondary N) is 1. The summed E-state index contributed by atoms with van der Waals surface area (Å²) in [6.07, 6.45) is 3.42. The fourth-order valence-electron chi connectivity index (χ4n) is 1.96. The van der Waals surface area contributed by atoms with Crippen LogP contribution in [0.15, 0.2) is 52.1 Å². The molecule has 0 bridgehead atoms. The van der Waals surface area contributed by atoms with Crippen LogP contribution in [0.2, 0.25) is 0 Å². The molecule has 0 amide bonds. The second-order valence-corrected chi connectivity index (χ2v) is 4.04. The highest BCUT2D eigenvalue weighted by Gasteiger charge is 2.24. The summed E-state index contributed by atoms with van der Waals surface area (Å²) in [4.78, 5) is 10.4. The molecule has 4 heteroatoms. The normalized spacial score (nSPS) is 17.9. The van der Waals surface area contributed by atoms with Crippen LogP contribution in [0.4, 0.5) is 0 Å². The van der Waals surface area contributed by atoms with Crippen molar-refractivity contribution in [3.63, 3.8) is 0 Å². The second kappa shape index (κ2) is 3.97. The number of amidine groups is 1. The summed E-state index contributed by atoms with van der Waals surface area (Å²) >= 11 is 0. The summed E-state index contributed by atoms with van der Waals surface area (Å²) in [5.74, 6) is 0.511. The standard InChI is InChI=1S/C13H12N4/c14-13-11-6-15-7-12(11)16-9-17(13)8-10-4-2-1-3-5-10/h1-7,14H,8-9H2. The fourth-order valence-corrected chi connectivity index (χ4v) is 1.96. The number of hydrogen-bond donors (Lipinski definition) is 1. The molecule has 0 atom stereocenters. The number of rotatable bonds is 2. The zero-order valence-corrected chi connectivity index (χ0v) is 9.30. The van der Waals surface area contributed by atoms with E-state index in [1.165, 1.54) is 5.56 Å². The van der Waals surface area contributed by atoms with E-state index in [2.05, 4.69) is 22.1 Å². The first kappa shape index (κ1) is 9.96. The van der Waals surface area contributed by atoms with Crippen LogP contribution in [-0.4, -0.2) is 29.3 Å². The van der Waals surface area contributed by atoms with E-state index >= 15 is 0 Å². The van der Waals surface area contributed by atoms with Gasteiger partial charge in [0.05, 0.1) is 17.5 Å². The van der Waals surface area contributed by atoms with E-state index < -0.39 is 0 Å². The van der Waals surface area contributed by atoms with Crippen LogP contribution in [0.5, 0.6) is 0 Å². The topological polar surface area (TPSA) is 51.8 Å². The molecule has 4 nitrogen and oxygen atoms in total. The lowest BCUT2D eigenvalue weighted by molar-refractivity contribution is 0.421. The van der Waals surface area contributed by atoms with Crippen LogP contribution in [-0.2, 0) is 6.54 Å². The van der Waals surface area contributed by atoms with Crippen LogP contribution in [0.3, 0.4) is 0 Å². The van der Waals surface area contributed by atoms with Gasteiger partial charge in [-0.1, -0.05) is 30.3 Å². The first-order valence-electron chi connectivity index (χ1n) is 5.50. The Balaban J connectivity index is 1.81. The molecule has 17 heavy (non-hydrogen) atoms. The van der Waals surface area contributed by atoms with Gasteiger partial charge in [0.15, 0.2) is 0 Å². The molecule has 0 spiro atoms. The number of benzene rings is 1. The molecule has 0 saturated heterocycles. The highest BCUT2D eigenvalue weighted by Crippen LogP contribution is 2.17. The Kier molecular flexibility index (Phi) is 2.33. The predicted octanol–water partition coefficient (Wildman–Crippen LogP) is 1.85. The largest absolute Gasteiger partial charge is 0.333 e. The molecular formula is C13H12N4.